The lowest BCUT2D eigenvalue weighted by molar-refractivity contribution is -0.139. The SMILES string of the molecule is N#Cc1ccc(N2CCC[C@@]3(CCN([C@H]4CC[C@H](O)CC4)C3=O)C2)c(Br)c1. The third kappa shape index (κ3) is 3.48. The number of aliphatic hydroxyl groups is 1. The van der Waals surface area contributed by atoms with Gasteiger partial charge in [-0.3, -0.25) is 4.79 Å². The second-order valence-electron chi connectivity index (χ2n) is 8.29. The normalized spacial score (nSPS) is 31.4. The molecule has 4 rings (SSSR count). The molecule has 0 unspecified atom stereocenters. The first-order valence-electron chi connectivity index (χ1n) is 9.96. The summed E-state index contributed by atoms with van der Waals surface area (Å²) in [6.07, 6.45) is 6.18. The molecule has 1 aliphatic carbocycles. The van der Waals surface area contributed by atoms with Crippen molar-refractivity contribution in [3.05, 3.63) is 28.2 Å². The molecule has 2 aliphatic heterocycles. The molecule has 144 valence electrons. The van der Waals surface area contributed by atoms with Gasteiger partial charge in [0.05, 0.1) is 28.8 Å². The zero-order valence-electron chi connectivity index (χ0n) is 15.5. The molecule has 0 aromatic heterocycles. The van der Waals surface area contributed by atoms with Crippen molar-refractivity contribution >= 4 is 27.5 Å². The largest absolute Gasteiger partial charge is 0.393 e. The smallest absolute Gasteiger partial charge is 0.230 e. The number of nitrogens with zero attached hydrogens (tertiary/aromatic N) is 3. The van der Waals surface area contributed by atoms with Crippen LogP contribution in [0, 0.1) is 16.7 Å². The number of halogens is 1. The standard InChI is InChI=1S/C21H26BrN3O2/c22-18-12-15(13-23)2-7-19(18)24-10-1-8-21(14-24)9-11-25(20(21)27)16-3-5-17(26)6-4-16/h2,7,12,16-17,26H,1,3-6,8-11,14H2/t16-,17-,21-/m1/s1. The van der Waals surface area contributed by atoms with Gasteiger partial charge in [0.1, 0.15) is 0 Å². The van der Waals surface area contributed by atoms with Crippen LogP contribution in [0.2, 0.25) is 0 Å². The van der Waals surface area contributed by atoms with Crippen LogP contribution < -0.4 is 4.90 Å². The number of anilines is 1. The number of carbonyl (C=O) groups excluding carboxylic acids is 1. The molecule has 1 atom stereocenters. The van der Waals surface area contributed by atoms with Crippen LogP contribution in [-0.2, 0) is 4.79 Å². The number of piperidine rings is 1. The summed E-state index contributed by atoms with van der Waals surface area (Å²) in [6.45, 7) is 2.54. The number of hydrogen-bond donors (Lipinski definition) is 1. The summed E-state index contributed by atoms with van der Waals surface area (Å²) in [7, 11) is 0. The molecule has 1 saturated carbocycles. The summed E-state index contributed by atoms with van der Waals surface area (Å²) in [5.41, 5.74) is 1.43. The van der Waals surface area contributed by atoms with Crippen LogP contribution in [0.1, 0.15) is 50.5 Å². The van der Waals surface area contributed by atoms with Crippen LogP contribution in [0.3, 0.4) is 0 Å². The predicted octanol–water partition coefficient (Wildman–Crippen LogP) is 3.44. The van der Waals surface area contributed by atoms with E-state index in [1.807, 2.05) is 18.2 Å². The van der Waals surface area contributed by atoms with Gasteiger partial charge in [0, 0.05) is 30.1 Å². The van der Waals surface area contributed by atoms with Gasteiger partial charge in [-0.05, 0) is 79.1 Å². The highest BCUT2D eigenvalue weighted by molar-refractivity contribution is 9.10. The molecule has 1 amide bonds. The Labute approximate surface area is 169 Å². The van der Waals surface area contributed by atoms with Crippen LogP contribution in [0.4, 0.5) is 5.69 Å². The summed E-state index contributed by atoms with van der Waals surface area (Å²) in [5.74, 6) is 0.318. The number of aliphatic hydroxyl groups excluding tert-OH is 1. The maximum absolute atomic E-state index is 13.4. The van der Waals surface area contributed by atoms with Crippen molar-refractivity contribution in [3.63, 3.8) is 0 Å². The molecule has 1 N–H and O–H groups in total. The lowest BCUT2D eigenvalue weighted by Crippen LogP contribution is -2.50. The topological polar surface area (TPSA) is 67.6 Å². The summed E-state index contributed by atoms with van der Waals surface area (Å²) < 4.78 is 0.919. The molecule has 1 aromatic rings. The van der Waals surface area contributed by atoms with Crippen LogP contribution >= 0.6 is 15.9 Å². The molecule has 1 spiro atoms. The number of likely N-dealkylation sites (tertiary alicyclic amines) is 1. The fourth-order valence-electron chi connectivity index (χ4n) is 5.11. The molecule has 6 heteroatoms. The number of amides is 1. The van der Waals surface area contributed by atoms with Gasteiger partial charge in [0.2, 0.25) is 5.91 Å². The molecule has 1 aromatic carbocycles. The molecule has 27 heavy (non-hydrogen) atoms. The molecule has 0 radical (unpaired) electrons. The molecular formula is C21H26BrN3O2. The van der Waals surface area contributed by atoms with E-state index in [1.54, 1.807) is 0 Å². The fraction of sp³-hybridized carbons (Fsp3) is 0.619. The number of hydrogen-bond acceptors (Lipinski definition) is 4. The van der Waals surface area contributed by atoms with E-state index < -0.39 is 0 Å². The highest BCUT2D eigenvalue weighted by atomic mass is 79.9. The van der Waals surface area contributed by atoms with Crippen molar-refractivity contribution in [1.29, 1.82) is 5.26 Å². The summed E-state index contributed by atoms with van der Waals surface area (Å²) in [6, 6.07) is 8.16. The first-order valence-corrected chi connectivity index (χ1v) is 10.8. The Morgan fingerprint density at radius 2 is 1.96 bits per heavy atom. The molecule has 3 aliphatic rings. The Kier molecular flexibility index (Phi) is 5.17. The quantitative estimate of drug-likeness (QED) is 0.778. The zero-order chi connectivity index (χ0) is 19.0. The van der Waals surface area contributed by atoms with Gasteiger partial charge in [-0.2, -0.15) is 5.26 Å². The van der Waals surface area contributed by atoms with Gasteiger partial charge in [-0.1, -0.05) is 0 Å². The molecular weight excluding hydrogens is 406 g/mol. The highest BCUT2D eigenvalue weighted by Crippen LogP contribution is 2.44. The number of rotatable bonds is 2. The summed E-state index contributed by atoms with van der Waals surface area (Å²) in [4.78, 5) is 17.8. The molecule has 5 nitrogen and oxygen atoms in total. The minimum atomic E-state index is -0.276. The Balaban J connectivity index is 1.51. The maximum atomic E-state index is 13.4. The average Bonchev–Trinajstić information content (AvgIpc) is 2.98. The Morgan fingerprint density at radius 1 is 1.19 bits per heavy atom. The van der Waals surface area contributed by atoms with Gasteiger partial charge < -0.3 is 14.9 Å². The van der Waals surface area contributed by atoms with E-state index in [1.165, 1.54) is 0 Å². The third-order valence-electron chi connectivity index (χ3n) is 6.65. The van der Waals surface area contributed by atoms with E-state index >= 15 is 0 Å². The highest BCUT2D eigenvalue weighted by Gasteiger charge is 2.50. The number of nitriles is 1. The van der Waals surface area contributed by atoms with Gasteiger partial charge in [-0.15, -0.1) is 0 Å². The van der Waals surface area contributed by atoms with Crippen molar-refractivity contribution in [3.8, 4) is 6.07 Å². The van der Waals surface area contributed by atoms with Gasteiger partial charge in [-0.25, -0.2) is 0 Å². The van der Waals surface area contributed by atoms with E-state index in [0.29, 0.717) is 17.5 Å². The van der Waals surface area contributed by atoms with Crippen molar-refractivity contribution in [2.75, 3.05) is 24.5 Å². The summed E-state index contributed by atoms with van der Waals surface area (Å²) in [5, 5.41) is 18.9. The summed E-state index contributed by atoms with van der Waals surface area (Å²) >= 11 is 3.60. The third-order valence-corrected chi connectivity index (χ3v) is 7.28. The number of carbonyl (C=O) groups is 1. The second kappa shape index (κ2) is 7.44. The van der Waals surface area contributed by atoms with Gasteiger partial charge >= 0.3 is 0 Å². The number of benzene rings is 1. The van der Waals surface area contributed by atoms with Crippen LogP contribution in [0.5, 0.6) is 0 Å². The zero-order valence-corrected chi connectivity index (χ0v) is 17.1. The minimum Gasteiger partial charge on any atom is -0.393 e. The Morgan fingerprint density at radius 3 is 2.67 bits per heavy atom. The van der Waals surface area contributed by atoms with Crippen molar-refractivity contribution in [2.45, 2.75) is 57.1 Å². The minimum absolute atomic E-state index is 0.188. The monoisotopic (exact) mass is 431 g/mol. The van der Waals surface area contributed by atoms with Crippen LogP contribution in [-0.4, -0.2) is 47.7 Å². The van der Waals surface area contributed by atoms with E-state index in [0.717, 1.165) is 74.7 Å². The van der Waals surface area contributed by atoms with E-state index in [2.05, 4.69) is 31.8 Å². The maximum Gasteiger partial charge on any atom is 0.230 e. The van der Waals surface area contributed by atoms with E-state index in [4.69, 9.17) is 5.26 Å². The lowest BCUT2D eigenvalue weighted by Gasteiger charge is -2.41. The van der Waals surface area contributed by atoms with Gasteiger partial charge in [0.15, 0.2) is 0 Å². The van der Waals surface area contributed by atoms with Crippen molar-refractivity contribution in [1.82, 2.24) is 4.90 Å². The van der Waals surface area contributed by atoms with E-state index in [-0.39, 0.29) is 11.5 Å². The first-order chi connectivity index (χ1) is 13.0. The average molecular weight is 432 g/mol. The molecule has 3 fully saturated rings. The van der Waals surface area contributed by atoms with E-state index in [9.17, 15) is 9.90 Å². The fourth-order valence-corrected chi connectivity index (χ4v) is 5.74. The molecule has 0 bridgehead atoms. The van der Waals surface area contributed by atoms with Crippen LogP contribution in [0.15, 0.2) is 22.7 Å². The Hall–Kier alpha value is -1.58. The van der Waals surface area contributed by atoms with Crippen molar-refractivity contribution in [2.24, 2.45) is 5.41 Å². The van der Waals surface area contributed by atoms with Crippen LogP contribution in [0.25, 0.3) is 0 Å². The van der Waals surface area contributed by atoms with Crippen molar-refractivity contribution < 1.29 is 9.90 Å². The second-order valence-corrected chi connectivity index (χ2v) is 9.15. The Bertz CT molecular complexity index is 769. The molecule has 2 heterocycles. The first kappa shape index (κ1) is 18.8. The van der Waals surface area contributed by atoms with Gasteiger partial charge in [0.25, 0.3) is 0 Å². The lowest BCUT2D eigenvalue weighted by atomic mass is 9.78. The molecule has 2 saturated heterocycles. The predicted molar refractivity (Wildman–Crippen MR) is 107 cm³/mol.